The summed E-state index contributed by atoms with van der Waals surface area (Å²) >= 11 is 7.45. The van der Waals surface area contributed by atoms with E-state index in [1.165, 1.54) is 17.8 Å². The van der Waals surface area contributed by atoms with Gasteiger partial charge < -0.3 is 10.2 Å². The lowest BCUT2D eigenvalue weighted by atomic mass is 10.2. The van der Waals surface area contributed by atoms with Gasteiger partial charge in [0.05, 0.1) is 11.1 Å². The first-order chi connectivity index (χ1) is 10.1. The predicted octanol–water partition coefficient (Wildman–Crippen LogP) is 5.02. The highest BCUT2D eigenvalue weighted by atomic mass is 35.5. The summed E-state index contributed by atoms with van der Waals surface area (Å²) in [6, 6.07) is 13.8. The first kappa shape index (κ1) is 14.4. The molecule has 1 heterocycles. The highest BCUT2D eigenvalue weighted by Gasteiger charge is 2.14. The van der Waals surface area contributed by atoms with Crippen LogP contribution in [0.2, 0.25) is 5.02 Å². The monoisotopic (exact) mass is 321 g/mol. The number of halogens is 2. The summed E-state index contributed by atoms with van der Waals surface area (Å²) in [6.45, 7) is 0. The van der Waals surface area contributed by atoms with Gasteiger partial charge in [0.15, 0.2) is 5.58 Å². The Labute approximate surface area is 131 Å². The van der Waals surface area contributed by atoms with Crippen LogP contribution >= 0.6 is 23.4 Å². The summed E-state index contributed by atoms with van der Waals surface area (Å²) in [4.78, 5) is 0.585. The van der Waals surface area contributed by atoms with E-state index in [-0.39, 0.29) is 11.9 Å². The van der Waals surface area contributed by atoms with Gasteiger partial charge in [0.2, 0.25) is 0 Å². The van der Waals surface area contributed by atoms with Crippen molar-refractivity contribution in [1.82, 2.24) is 0 Å². The molecule has 2 aromatic carbocycles. The van der Waals surface area contributed by atoms with Gasteiger partial charge in [0.1, 0.15) is 11.6 Å². The zero-order chi connectivity index (χ0) is 14.8. The van der Waals surface area contributed by atoms with Gasteiger partial charge in [0, 0.05) is 16.0 Å². The third kappa shape index (κ3) is 3.07. The van der Waals surface area contributed by atoms with E-state index in [1.807, 2.05) is 18.2 Å². The van der Waals surface area contributed by atoms with Gasteiger partial charge in [-0.25, -0.2) is 4.39 Å². The zero-order valence-electron chi connectivity index (χ0n) is 11.1. The number of nitrogens with two attached hydrogens (primary N) is 1. The Balaban J connectivity index is 1.76. The normalized spacial score (nSPS) is 12.7. The van der Waals surface area contributed by atoms with Crippen molar-refractivity contribution in [3.63, 3.8) is 0 Å². The van der Waals surface area contributed by atoms with E-state index in [0.29, 0.717) is 27.0 Å². The average molecular weight is 322 g/mol. The number of rotatable bonds is 4. The Morgan fingerprint density at radius 3 is 2.76 bits per heavy atom. The van der Waals surface area contributed by atoms with Crippen molar-refractivity contribution in [1.29, 1.82) is 0 Å². The molecule has 0 aliphatic rings. The van der Waals surface area contributed by atoms with Crippen LogP contribution in [0.1, 0.15) is 11.8 Å². The molecule has 5 heteroatoms. The lowest BCUT2D eigenvalue weighted by molar-refractivity contribution is 0.516. The minimum Gasteiger partial charge on any atom is -0.458 e. The molecule has 0 fully saturated rings. The Hall–Kier alpha value is -1.49. The fourth-order valence-electron chi connectivity index (χ4n) is 2.05. The highest BCUT2D eigenvalue weighted by Crippen LogP contribution is 2.31. The first-order valence-corrected chi connectivity index (χ1v) is 7.82. The summed E-state index contributed by atoms with van der Waals surface area (Å²) in [5, 5.41) is 1.48. The van der Waals surface area contributed by atoms with Crippen LogP contribution in [0.25, 0.3) is 11.0 Å². The standard InChI is InChI=1S/C16H13ClFNOS/c17-11-5-3-4-10-8-14(20-16(10)11)13(19)9-21-15-7-2-1-6-12(15)18/h1-8,13H,9,19H2. The molecule has 0 aliphatic heterocycles. The molecule has 0 radical (unpaired) electrons. The van der Waals surface area contributed by atoms with Gasteiger partial charge in [-0.2, -0.15) is 0 Å². The van der Waals surface area contributed by atoms with Crippen LogP contribution in [0.4, 0.5) is 4.39 Å². The average Bonchev–Trinajstić information content (AvgIpc) is 2.92. The second-order valence-corrected chi connectivity index (χ2v) is 6.12. The summed E-state index contributed by atoms with van der Waals surface area (Å²) in [7, 11) is 0. The predicted molar refractivity (Wildman–Crippen MR) is 85.3 cm³/mol. The SMILES string of the molecule is NC(CSc1ccccc1F)c1cc2cccc(Cl)c2o1. The lowest BCUT2D eigenvalue weighted by Gasteiger charge is -2.08. The van der Waals surface area contributed by atoms with Crippen LogP contribution in [0.15, 0.2) is 57.8 Å². The minimum absolute atomic E-state index is 0.234. The van der Waals surface area contributed by atoms with Crippen LogP contribution in [0, 0.1) is 5.82 Å². The number of fused-ring (bicyclic) bond motifs is 1. The van der Waals surface area contributed by atoms with Gasteiger partial charge in [-0.3, -0.25) is 0 Å². The van der Waals surface area contributed by atoms with Crippen molar-refractivity contribution in [3.8, 4) is 0 Å². The summed E-state index contributed by atoms with van der Waals surface area (Å²) in [5.74, 6) is 0.947. The van der Waals surface area contributed by atoms with E-state index >= 15 is 0 Å². The van der Waals surface area contributed by atoms with E-state index in [0.717, 1.165) is 5.39 Å². The molecule has 1 aromatic heterocycles. The van der Waals surface area contributed by atoms with E-state index in [4.69, 9.17) is 21.8 Å². The second kappa shape index (κ2) is 6.10. The van der Waals surface area contributed by atoms with E-state index < -0.39 is 0 Å². The fraction of sp³-hybridized carbons (Fsp3) is 0.125. The maximum Gasteiger partial charge on any atom is 0.152 e. The van der Waals surface area contributed by atoms with E-state index in [9.17, 15) is 4.39 Å². The van der Waals surface area contributed by atoms with Crippen LogP contribution in [0.5, 0.6) is 0 Å². The number of benzene rings is 2. The Bertz CT molecular complexity index is 774. The molecule has 0 spiro atoms. The van der Waals surface area contributed by atoms with Crippen molar-refractivity contribution >= 4 is 34.3 Å². The maximum absolute atomic E-state index is 13.6. The Kier molecular flexibility index (Phi) is 4.19. The van der Waals surface area contributed by atoms with Crippen molar-refractivity contribution in [2.75, 3.05) is 5.75 Å². The Morgan fingerprint density at radius 2 is 2.00 bits per heavy atom. The van der Waals surface area contributed by atoms with Crippen molar-refractivity contribution < 1.29 is 8.81 Å². The highest BCUT2D eigenvalue weighted by molar-refractivity contribution is 7.99. The molecular weight excluding hydrogens is 309 g/mol. The van der Waals surface area contributed by atoms with Crippen molar-refractivity contribution in [2.45, 2.75) is 10.9 Å². The summed E-state index contributed by atoms with van der Waals surface area (Å²) in [6.07, 6.45) is 0. The molecule has 0 aliphatic carbocycles. The molecule has 108 valence electrons. The molecule has 2 nitrogen and oxygen atoms in total. The van der Waals surface area contributed by atoms with Crippen molar-refractivity contribution in [2.24, 2.45) is 5.73 Å². The zero-order valence-corrected chi connectivity index (χ0v) is 12.6. The number of para-hydroxylation sites is 1. The third-order valence-corrected chi connectivity index (χ3v) is 4.60. The molecule has 1 atom stereocenters. The Morgan fingerprint density at radius 1 is 1.19 bits per heavy atom. The summed E-state index contributed by atoms with van der Waals surface area (Å²) in [5.41, 5.74) is 6.77. The topological polar surface area (TPSA) is 39.2 Å². The maximum atomic E-state index is 13.6. The van der Waals surface area contributed by atoms with E-state index in [2.05, 4.69) is 0 Å². The molecule has 3 aromatic rings. The quantitative estimate of drug-likeness (QED) is 0.686. The second-order valence-electron chi connectivity index (χ2n) is 4.65. The van der Waals surface area contributed by atoms with Gasteiger partial charge in [-0.05, 0) is 24.3 Å². The fourth-order valence-corrected chi connectivity index (χ4v) is 3.18. The molecular formula is C16H13ClFNOS. The van der Waals surface area contributed by atoms with Crippen LogP contribution in [-0.2, 0) is 0 Å². The van der Waals surface area contributed by atoms with Crippen LogP contribution in [0.3, 0.4) is 0 Å². The molecule has 1 unspecified atom stereocenters. The summed E-state index contributed by atoms with van der Waals surface area (Å²) < 4.78 is 19.3. The number of hydrogen-bond acceptors (Lipinski definition) is 3. The van der Waals surface area contributed by atoms with Crippen LogP contribution < -0.4 is 5.73 Å². The minimum atomic E-state index is -0.321. The third-order valence-electron chi connectivity index (χ3n) is 3.14. The van der Waals surface area contributed by atoms with Gasteiger partial charge >= 0.3 is 0 Å². The van der Waals surface area contributed by atoms with E-state index in [1.54, 1.807) is 24.3 Å². The van der Waals surface area contributed by atoms with Gasteiger partial charge in [0.25, 0.3) is 0 Å². The van der Waals surface area contributed by atoms with Crippen LogP contribution in [-0.4, -0.2) is 5.75 Å². The molecule has 0 saturated heterocycles. The number of furan rings is 1. The van der Waals surface area contributed by atoms with Gasteiger partial charge in [-0.15, -0.1) is 11.8 Å². The lowest BCUT2D eigenvalue weighted by Crippen LogP contribution is -2.12. The largest absolute Gasteiger partial charge is 0.458 e. The first-order valence-electron chi connectivity index (χ1n) is 6.46. The molecule has 0 amide bonds. The number of thioether (sulfide) groups is 1. The molecule has 0 saturated carbocycles. The van der Waals surface area contributed by atoms with Gasteiger partial charge in [-0.1, -0.05) is 35.9 Å². The smallest absolute Gasteiger partial charge is 0.152 e. The molecule has 3 rings (SSSR count). The number of hydrogen-bond donors (Lipinski definition) is 1. The molecule has 2 N–H and O–H groups in total. The molecule has 0 bridgehead atoms. The molecule has 21 heavy (non-hydrogen) atoms. The van der Waals surface area contributed by atoms with Crippen molar-refractivity contribution in [3.05, 3.63) is 65.1 Å².